The second kappa shape index (κ2) is 2.54. The van der Waals surface area contributed by atoms with Gasteiger partial charge in [0.25, 0.3) is 0 Å². The fraction of sp³-hybridized carbons (Fsp3) is 0. The van der Waals surface area contributed by atoms with E-state index in [4.69, 9.17) is 18.4 Å². The average Bonchev–Trinajstić information content (AvgIpc) is 1.80. The molecule has 1 nitrogen and oxygen atoms in total. The van der Waals surface area contributed by atoms with Crippen LogP contribution in [0.2, 0.25) is 0 Å². The van der Waals surface area contributed by atoms with E-state index in [1.54, 1.807) is 6.07 Å². The highest BCUT2D eigenvalue weighted by atomic mass is 79.9. The fourth-order valence-corrected chi connectivity index (χ4v) is 1.22. The van der Waals surface area contributed by atoms with Gasteiger partial charge in [-0.05, 0) is 12.1 Å². The van der Waals surface area contributed by atoms with Gasteiger partial charge in [-0.2, -0.15) is 4.90 Å². The van der Waals surface area contributed by atoms with E-state index in [9.17, 15) is 0 Å². The molecule has 0 aliphatic heterocycles. The molecule has 0 saturated heterocycles. The normalized spacial score (nSPS) is 9.44. The molecule has 1 aromatic carbocycles. The van der Waals surface area contributed by atoms with Gasteiger partial charge >= 0.3 is 0 Å². The first-order valence-electron chi connectivity index (χ1n) is 2.42. The van der Waals surface area contributed by atoms with Gasteiger partial charge in [-0.3, -0.25) is 0 Å². The van der Waals surface area contributed by atoms with Gasteiger partial charge in [0.1, 0.15) is 0 Å². The van der Waals surface area contributed by atoms with Gasteiger partial charge in [-0.15, -0.1) is 0 Å². The molecule has 0 aliphatic carbocycles. The van der Waals surface area contributed by atoms with Crippen molar-refractivity contribution >= 4 is 34.2 Å². The molecule has 9 heavy (non-hydrogen) atoms. The zero-order chi connectivity index (χ0) is 6.85. The van der Waals surface area contributed by atoms with Gasteiger partial charge in [0.2, 0.25) is 0 Å². The Balaban J connectivity index is 3.17. The van der Waals surface area contributed by atoms with Crippen LogP contribution in [-0.2, 0) is 12.6 Å². The third kappa shape index (κ3) is 1.56. The Morgan fingerprint density at radius 1 is 1.44 bits per heavy atom. The number of anilines is 1. The summed E-state index contributed by atoms with van der Waals surface area (Å²) in [6.45, 7) is 0. The molecule has 0 saturated carbocycles. The maximum Gasteiger partial charge on any atom is 0.0161 e. The molecule has 0 radical (unpaired) electrons. The maximum absolute atomic E-state index is 5.46. The van der Waals surface area contributed by atoms with Crippen molar-refractivity contribution in [1.29, 1.82) is 0 Å². The molecule has 0 aromatic heterocycles. The second-order valence-corrected chi connectivity index (χ2v) is 3.04. The number of halogens is 1. The zero-order valence-corrected chi connectivity index (χ0v) is 7.00. The van der Waals surface area contributed by atoms with Gasteiger partial charge in [-0.25, -0.2) is 0 Å². The summed E-state index contributed by atoms with van der Waals surface area (Å²) in [6.07, 6.45) is 0. The lowest BCUT2D eigenvalue weighted by molar-refractivity contribution is 1.45. The highest BCUT2D eigenvalue weighted by Crippen LogP contribution is 2.16. The van der Waals surface area contributed by atoms with Crippen LogP contribution >= 0.6 is 15.9 Å². The third-order valence-corrected chi connectivity index (χ3v) is 1.82. The maximum atomic E-state index is 5.46. The molecule has 1 rings (SSSR count). The van der Waals surface area contributed by atoms with Crippen molar-refractivity contribution in [2.75, 3.05) is 5.73 Å². The van der Waals surface area contributed by atoms with Crippen molar-refractivity contribution in [3.8, 4) is 0 Å². The topological polar surface area (TPSA) is 26.0 Å². The van der Waals surface area contributed by atoms with E-state index >= 15 is 0 Å². The largest absolute Gasteiger partial charge is 0.778 e. The number of nitrogens with two attached hydrogens (primary N) is 1. The smallest absolute Gasteiger partial charge is 0.0161 e. The predicted molar refractivity (Wildman–Crippen MR) is 44.2 cm³/mol. The standard InChI is InChI=1S/C6H6BrNS/c7-4-1-2-5(8)6(9)3-4/h1-3,9H,8H2/p-1. The molecule has 2 N–H and O–H groups in total. The second-order valence-electron chi connectivity index (χ2n) is 1.68. The Morgan fingerprint density at radius 3 is 2.56 bits per heavy atom. The first-order chi connectivity index (χ1) is 4.20. The van der Waals surface area contributed by atoms with Crippen molar-refractivity contribution in [2.45, 2.75) is 4.90 Å². The van der Waals surface area contributed by atoms with E-state index in [0.29, 0.717) is 10.6 Å². The molecule has 0 bridgehead atoms. The minimum absolute atomic E-state index is 0.660. The summed E-state index contributed by atoms with van der Waals surface area (Å²) in [4.78, 5) is 0.698. The third-order valence-electron chi connectivity index (χ3n) is 0.976. The number of rotatable bonds is 0. The van der Waals surface area contributed by atoms with Crippen molar-refractivity contribution in [2.24, 2.45) is 0 Å². The van der Waals surface area contributed by atoms with Gasteiger partial charge in [0.15, 0.2) is 0 Å². The Kier molecular flexibility index (Phi) is 1.93. The Morgan fingerprint density at radius 2 is 2.11 bits per heavy atom. The summed E-state index contributed by atoms with van der Waals surface area (Å²) in [5.41, 5.74) is 6.12. The summed E-state index contributed by atoms with van der Waals surface area (Å²) in [5.74, 6) is 0. The average molecular weight is 203 g/mol. The summed E-state index contributed by atoms with van der Waals surface area (Å²) in [7, 11) is 0. The molecule has 0 atom stereocenters. The van der Waals surface area contributed by atoms with Crippen LogP contribution in [-0.4, -0.2) is 0 Å². The Labute approximate surface area is 67.8 Å². The van der Waals surface area contributed by atoms with Crippen LogP contribution in [0.15, 0.2) is 27.6 Å². The monoisotopic (exact) mass is 202 g/mol. The number of nitrogen functional groups attached to an aromatic ring is 1. The summed E-state index contributed by atoms with van der Waals surface area (Å²) in [6, 6.07) is 5.46. The Hall–Kier alpha value is -0.280. The van der Waals surface area contributed by atoms with Crippen LogP contribution in [0.5, 0.6) is 0 Å². The molecule has 0 heterocycles. The van der Waals surface area contributed by atoms with Gasteiger partial charge in [0.05, 0.1) is 0 Å². The van der Waals surface area contributed by atoms with Gasteiger partial charge in [-0.1, -0.05) is 22.0 Å². The molecule has 0 amide bonds. The number of hydrogen-bond acceptors (Lipinski definition) is 2. The van der Waals surface area contributed by atoms with Gasteiger partial charge < -0.3 is 18.4 Å². The predicted octanol–water partition coefficient (Wildman–Crippen LogP) is 1.94. The summed E-state index contributed by atoms with van der Waals surface area (Å²) < 4.78 is 0.974. The van der Waals surface area contributed by atoms with E-state index in [0.717, 1.165) is 4.47 Å². The molecule has 0 spiro atoms. The molecule has 0 unspecified atom stereocenters. The quantitative estimate of drug-likeness (QED) is 0.515. The summed E-state index contributed by atoms with van der Waals surface area (Å²) >= 11 is 8.16. The lowest BCUT2D eigenvalue weighted by Crippen LogP contribution is -1.86. The molecular formula is C6H5BrNS-. The highest BCUT2D eigenvalue weighted by Gasteiger charge is 1.85. The molecule has 3 heteroatoms. The van der Waals surface area contributed by atoms with E-state index < -0.39 is 0 Å². The lowest BCUT2D eigenvalue weighted by atomic mass is 10.3. The van der Waals surface area contributed by atoms with Crippen molar-refractivity contribution in [3.63, 3.8) is 0 Å². The number of benzene rings is 1. The molecular weight excluding hydrogens is 198 g/mol. The van der Waals surface area contributed by atoms with E-state index in [-0.39, 0.29) is 0 Å². The van der Waals surface area contributed by atoms with E-state index in [2.05, 4.69) is 15.9 Å². The minimum atomic E-state index is 0.660. The molecule has 0 fully saturated rings. The number of hydrogen-bond donors (Lipinski definition) is 1. The van der Waals surface area contributed by atoms with Crippen LogP contribution in [0.1, 0.15) is 0 Å². The molecule has 1 aromatic rings. The van der Waals surface area contributed by atoms with E-state index in [1.165, 1.54) is 0 Å². The SMILES string of the molecule is Nc1ccc(Br)cc1[S-]. The van der Waals surface area contributed by atoms with Crippen LogP contribution in [0.3, 0.4) is 0 Å². The lowest BCUT2D eigenvalue weighted by Gasteiger charge is -2.08. The summed E-state index contributed by atoms with van der Waals surface area (Å²) in [5, 5.41) is 0. The van der Waals surface area contributed by atoms with Crippen molar-refractivity contribution < 1.29 is 0 Å². The first kappa shape index (κ1) is 6.83. The first-order valence-corrected chi connectivity index (χ1v) is 3.62. The molecule has 0 aliphatic rings. The van der Waals surface area contributed by atoms with Gasteiger partial charge in [0, 0.05) is 10.2 Å². The fourth-order valence-electron chi connectivity index (χ4n) is 0.508. The van der Waals surface area contributed by atoms with Crippen molar-refractivity contribution in [1.82, 2.24) is 0 Å². The minimum Gasteiger partial charge on any atom is -0.778 e. The van der Waals surface area contributed by atoms with Crippen LogP contribution in [0, 0.1) is 0 Å². The van der Waals surface area contributed by atoms with E-state index in [1.807, 2.05) is 12.1 Å². The molecule has 48 valence electrons. The highest BCUT2D eigenvalue weighted by molar-refractivity contribution is 9.10. The van der Waals surface area contributed by atoms with Crippen molar-refractivity contribution in [3.05, 3.63) is 22.7 Å². The van der Waals surface area contributed by atoms with Crippen LogP contribution in [0.4, 0.5) is 5.69 Å². The van der Waals surface area contributed by atoms with Crippen LogP contribution < -0.4 is 5.73 Å². The zero-order valence-electron chi connectivity index (χ0n) is 4.60. The van der Waals surface area contributed by atoms with Crippen LogP contribution in [0.25, 0.3) is 0 Å². The Bertz CT molecular complexity index is 224.